The van der Waals surface area contributed by atoms with Crippen LogP contribution in [0.3, 0.4) is 0 Å². The van der Waals surface area contributed by atoms with Crippen molar-refractivity contribution in [3.8, 4) is 5.75 Å². The molecule has 0 saturated heterocycles. The van der Waals surface area contributed by atoms with Crippen molar-refractivity contribution in [3.63, 3.8) is 0 Å². The summed E-state index contributed by atoms with van der Waals surface area (Å²) >= 11 is 0. The number of hydrogen-bond donors (Lipinski definition) is 2. The molecule has 0 aliphatic carbocycles. The number of benzene rings is 2. The van der Waals surface area contributed by atoms with E-state index in [-0.39, 0.29) is 12.5 Å². The lowest BCUT2D eigenvalue weighted by atomic mass is 10.3. The van der Waals surface area contributed by atoms with Gasteiger partial charge in [-0.25, -0.2) is 0 Å². The highest BCUT2D eigenvalue weighted by atomic mass is 16.5. The minimum absolute atomic E-state index is 0.0664. The van der Waals surface area contributed by atoms with Crippen LogP contribution in [0.4, 0.5) is 11.4 Å². The first-order valence-corrected chi connectivity index (χ1v) is 5.58. The Hall–Kier alpha value is -2.49. The van der Waals surface area contributed by atoms with E-state index in [1.165, 1.54) is 0 Å². The molecule has 2 aromatic carbocycles. The van der Waals surface area contributed by atoms with Gasteiger partial charge in [0.2, 0.25) is 0 Å². The Morgan fingerprint density at radius 1 is 1.06 bits per heavy atom. The van der Waals surface area contributed by atoms with Crippen LogP contribution < -0.4 is 15.8 Å². The quantitative estimate of drug-likeness (QED) is 0.808. The molecule has 4 nitrogen and oxygen atoms in total. The lowest BCUT2D eigenvalue weighted by molar-refractivity contribution is -0.118. The normalized spacial score (nSPS) is 9.78. The lowest BCUT2D eigenvalue weighted by Gasteiger charge is -2.08. The molecule has 0 aromatic heterocycles. The molecule has 2 rings (SSSR count). The summed E-state index contributed by atoms with van der Waals surface area (Å²) in [5.41, 5.74) is 6.96. The third kappa shape index (κ3) is 3.25. The Morgan fingerprint density at radius 3 is 2.44 bits per heavy atom. The van der Waals surface area contributed by atoms with Crippen molar-refractivity contribution in [1.82, 2.24) is 0 Å². The first-order chi connectivity index (χ1) is 8.75. The van der Waals surface area contributed by atoms with Crippen molar-refractivity contribution < 1.29 is 9.53 Å². The van der Waals surface area contributed by atoms with Crippen LogP contribution in [-0.2, 0) is 4.79 Å². The van der Waals surface area contributed by atoms with Gasteiger partial charge in [0.05, 0.1) is 5.69 Å². The zero-order valence-corrected chi connectivity index (χ0v) is 9.80. The Bertz CT molecular complexity index is 526. The molecule has 92 valence electrons. The molecule has 0 spiro atoms. The van der Waals surface area contributed by atoms with E-state index in [1.807, 2.05) is 36.4 Å². The molecule has 0 aliphatic heterocycles. The van der Waals surface area contributed by atoms with E-state index in [1.54, 1.807) is 18.2 Å². The minimum Gasteiger partial charge on any atom is -0.482 e. The van der Waals surface area contributed by atoms with Crippen LogP contribution in [0.2, 0.25) is 0 Å². The second kappa shape index (κ2) is 5.72. The average Bonchev–Trinajstić information content (AvgIpc) is 2.39. The molecular weight excluding hydrogens is 228 g/mol. The summed E-state index contributed by atoms with van der Waals surface area (Å²) in [7, 11) is 0. The Labute approximate surface area is 105 Å². The summed E-state index contributed by atoms with van der Waals surface area (Å²) in [6.45, 7) is -0.0664. The maximum atomic E-state index is 11.6. The average molecular weight is 242 g/mol. The van der Waals surface area contributed by atoms with E-state index in [2.05, 4.69) is 5.32 Å². The number of hydrogen-bond acceptors (Lipinski definition) is 3. The van der Waals surface area contributed by atoms with Crippen LogP contribution in [0.5, 0.6) is 5.75 Å². The van der Waals surface area contributed by atoms with Gasteiger partial charge in [-0.1, -0.05) is 30.3 Å². The standard InChI is InChI=1S/C14H14N2O2/c15-12-8-4-5-9-13(12)18-10-14(17)16-11-6-2-1-3-7-11/h1-9H,10,15H2,(H,16,17). The van der Waals surface area contributed by atoms with Gasteiger partial charge in [0.25, 0.3) is 5.91 Å². The van der Waals surface area contributed by atoms with Gasteiger partial charge in [-0.05, 0) is 24.3 Å². The zero-order valence-electron chi connectivity index (χ0n) is 9.80. The van der Waals surface area contributed by atoms with Crippen molar-refractivity contribution in [2.45, 2.75) is 0 Å². The molecule has 0 atom stereocenters. The summed E-state index contributed by atoms with van der Waals surface area (Å²) in [5.74, 6) is 0.296. The number of carbonyl (C=O) groups is 1. The fraction of sp³-hybridized carbons (Fsp3) is 0.0714. The molecule has 0 bridgehead atoms. The third-order valence-electron chi connectivity index (χ3n) is 2.34. The molecule has 4 heteroatoms. The smallest absolute Gasteiger partial charge is 0.262 e. The van der Waals surface area contributed by atoms with Crippen molar-refractivity contribution in [2.24, 2.45) is 0 Å². The van der Waals surface area contributed by atoms with Gasteiger partial charge in [-0.15, -0.1) is 0 Å². The summed E-state index contributed by atoms with van der Waals surface area (Å²) < 4.78 is 5.33. The molecule has 0 aliphatic rings. The van der Waals surface area contributed by atoms with Crippen molar-refractivity contribution in [1.29, 1.82) is 0 Å². The Kier molecular flexibility index (Phi) is 3.81. The van der Waals surface area contributed by atoms with Gasteiger partial charge in [-0.3, -0.25) is 4.79 Å². The van der Waals surface area contributed by atoms with Crippen LogP contribution in [0.1, 0.15) is 0 Å². The fourth-order valence-corrected chi connectivity index (χ4v) is 1.47. The third-order valence-corrected chi connectivity index (χ3v) is 2.34. The number of ether oxygens (including phenoxy) is 1. The summed E-state index contributed by atoms with van der Waals surface area (Å²) in [6, 6.07) is 16.3. The Morgan fingerprint density at radius 2 is 1.72 bits per heavy atom. The van der Waals surface area contributed by atoms with Crippen LogP contribution in [0.25, 0.3) is 0 Å². The van der Waals surface area contributed by atoms with Crippen molar-refractivity contribution in [3.05, 3.63) is 54.6 Å². The van der Waals surface area contributed by atoms with Gasteiger partial charge in [0.1, 0.15) is 5.75 Å². The molecular formula is C14H14N2O2. The van der Waals surface area contributed by atoms with Crippen molar-refractivity contribution >= 4 is 17.3 Å². The van der Waals surface area contributed by atoms with E-state index in [4.69, 9.17) is 10.5 Å². The number of para-hydroxylation sites is 3. The van der Waals surface area contributed by atoms with Gasteiger partial charge in [0.15, 0.2) is 6.61 Å². The predicted octanol–water partition coefficient (Wildman–Crippen LogP) is 2.29. The van der Waals surface area contributed by atoms with E-state index in [0.29, 0.717) is 11.4 Å². The monoisotopic (exact) mass is 242 g/mol. The maximum Gasteiger partial charge on any atom is 0.262 e. The molecule has 0 unspecified atom stereocenters. The molecule has 3 N–H and O–H groups in total. The second-order valence-electron chi connectivity index (χ2n) is 3.74. The highest BCUT2D eigenvalue weighted by Crippen LogP contribution is 2.19. The van der Waals surface area contributed by atoms with Crippen LogP contribution >= 0.6 is 0 Å². The molecule has 1 amide bonds. The molecule has 0 fully saturated rings. The highest BCUT2D eigenvalue weighted by molar-refractivity contribution is 5.91. The SMILES string of the molecule is Nc1ccccc1OCC(=O)Nc1ccccc1. The van der Waals surface area contributed by atoms with E-state index in [0.717, 1.165) is 5.69 Å². The lowest BCUT2D eigenvalue weighted by Crippen LogP contribution is -2.20. The van der Waals surface area contributed by atoms with E-state index < -0.39 is 0 Å². The molecule has 0 saturated carbocycles. The number of nitrogen functional groups attached to an aromatic ring is 1. The first kappa shape index (κ1) is 12.0. The van der Waals surface area contributed by atoms with Crippen LogP contribution in [0.15, 0.2) is 54.6 Å². The van der Waals surface area contributed by atoms with Gasteiger partial charge in [-0.2, -0.15) is 0 Å². The highest BCUT2D eigenvalue weighted by Gasteiger charge is 2.04. The zero-order chi connectivity index (χ0) is 12.8. The van der Waals surface area contributed by atoms with E-state index in [9.17, 15) is 4.79 Å². The first-order valence-electron chi connectivity index (χ1n) is 5.58. The fourth-order valence-electron chi connectivity index (χ4n) is 1.47. The number of nitrogens with one attached hydrogen (secondary N) is 1. The Balaban J connectivity index is 1.88. The van der Waals surface area contributed by atoms with Crippen LogP contribution in [0, 0.1) is 0 Å². The van der Waals surface area contributed by atoms with Gasteiger partial charge >= 0.3 is 0 Å². The summed E-state index contributed by atoms with van der Waals surface area (Å²) in [5, 5.41) is 2.73. The minimum atomic E-state index is -0.218. The number of anilines is 2. The van der Waals surface area contributed by atoms with Crippen molar-refractivity contribution in [2.75, 3.05) is 17.7 Å². The number of amides is 1. The van der Waals surface area contributed by atoms with Gasteiger partial charge in [0, 0.05) is 5.69 Å². The molecule has 2 aromatic rings. The van der Waals surface area contributed by atoms with Gasteiger partial charge < -0.3 is 15.8 Å². The molecule has 18 heavy (non-hydrogen) atoms. The van der Waals surface area contributed by atoms with E-state index >= 15 is 0 Å². The predicted molar refractivity (Wildman–Crippen MR) is 71.4 cm³/mol. The molecule has 0 heterocycles. The number of nitrogens with two attached hydrogens (primary N) is 1. The summed E-state index contributed by atoms with van der Waals surface area (Å²) in [6.07, 6.45) is 0. The maximum absolute atomic E-state index is 11.6. The van der Waals surface area contributed by atoms with Crippen LogP contribution in [-0.4, -0.2) is 12.5 Å². The number of rotatable bonds is 4. The second-order valence-corrected chi connectivity index (χ2v) is 3.74. The largest absolute Gasteiger partial charge is 0.482 e. The topological polar surface area (TPSA) is 64.3 Å². The number of carbonyl (C=O) groups excluding carboxylic acids is 1. The summed E-state index contributed by atoms with van der Waals surface area (Å²) in [4.78, 5) is 11.6. The molecule has 0 radical (unpaired) electrons.